The van der Waals surface area contributed by atoms with Gasteiger partial charge >= 0.3 is 6.09 Å². The van der Waals surface area contributed by atoms with Crippen molar-refractivity contribution in [1.82, 2.24) is 0 Å². The Balaban J connectivity index is 2.01. The van der Waals surface area contributed by atoms with Crippen molar-refractivity contribution in [3.05, 3.63) is 59.7 Å². The fraction of sp³-hybridized carbons (Fsp3) is 0.176. The summed E-state index contributed by atoms with van der Waals surface area (Å²) < 4.78 is 4.54. The normalized spacial score (nSPS) is 10.0. The number of nitrogens with zero attached hydrogens (tertiary/aromatic N) is 1. The first-order valence-electron chi connectivity index (χ1n) is 6.97. The maximum Gasteiger partial charge on any atom is 0.411 e. The summed E-state index contributed by atoms with van der Waals surface area (Å²) in [6.07, 6.45) is 0.862. The van der Waals surface area contributed by atoms with E-state index in [1.807, 2.05) is 48.5 Å². The third-order valence-corrected chi connectivity index (χ3v) is 3.28. The lowest BCUT2D eigenvalue weighted by Gasteiger charge is -2.14. The molecule has 1 N–H and O–H groups in total. The number of amides is 2. The number of carbonyl (C=O) groups excluding carboxylic acids is 2. The minimum absolute atomic E-state index is 0.494. The molecule has 0 bridgehead atoms. The highest BCUT2D eigenvalue weighted by atomic mass is 16.7. The molecular weight excluding hydrogens is 296 g/mol. The fourth-order valence-electron chi connectivity index (χ4n) is 2.08. The Morgan fingerprint density at radius 2 is 1.61 bits per heavy atom. The summed E-state index contributed by atoms with van der Waals surface area (Å²) in [7, 11) is 2.76. The van der Waals surface area contributed by atoms with Crippen molar-refractivity contribution < 1.29 is 19.2 Å². The van der Waals surface area contributed by atoms with E-state index in [0.29, 0.717) is 17.8 Å². The number of rotatable bonds is 6. The van der Waals surface area contributed by atoms with Gasteiger partial charge in [-0.3, -0.25) is 14.9 Å². The summed E-state index contributed by atoms with van der Waals surface area (Å²) in [5.41, 5.74) is 3.55. The average Bonchev–Trinajstić information content (AvgIpc) is 2.59. The van der Waals surface area contributed by atoms with Crippen molar-refractivity contribution in [2.75, 3.05) is 24.6 Å². The molecule has 2 aromatic carbocycles. The van der Waals surface area contributed by atoms with Crippen molar-refractivity contribution in [3.8, 4) is 0 Å². The van der Waals surface area contributed by atoms with E-state index >= 15 is 0 Å². The fourth-order valence-corrected chi connectivity index (χ4v) is 2.08. The lowest BCUT2D eigenvalue weighted by Crippen LogP contribution is -2.18. The zero-order valence-corrected chi connectivity index (χ0v) is 13.0. The van der Waals surface area contributed by atoms with Gasteiger partial charge in [0.05, 0.1) is 19.9 Å². The summed E-state index contributed by atoms with van der Waals surface area (Å²) in [5.74, 6) is 0. The first kappa shape index (κ1) is 16.5. The van der Waals surface area contributed by atoms with Crippen molar-refractivity contribution in [2.24, 2.45) is 0 Å². The summed E-state index contributed by atoms with van der Waals surface area (Å²) in [4.78, 5) is 26.8. The maximum atomic E-state index is 11.1. The van der Waals surface area contributed by atoms with Crippen LogP contribution >= 0.6 is 0 Å². The van der Waals surface area contributed by atoms with Gasteiger partial charge in [-0.2, -0.15) is 5.06 Å². The molecule has 2 amide bonds. The highest BCUT2D eigenvalue weighted by molar-refractivity contribution is 5.84. The van der Waals surface area contributed by atoms with E-state index in [1.165, 1.54) is 14.2 Å². The van der Waals surface area contributed by atoms with Crippen molar-refractivity contribution in [2.45, 2.75) is 6.42 Å². The molecule has 0 saturated heterocycles. The second-order valence-corrected chi connectivity index (χ2v) is 4.77. The van der Waals surface area contributed by atoms with Crippen LogP contribution in [0.3, 0.4) is 0 Å². The minimum atomic E-state index is -0.494. The maximum absolute atomic E-state index is 11.1. The van der Waals surface area contributed by atoms with E-state index in [-0.39, 0.29) is 0 Å². The van der Waals surface area contributed by atoms with Crippen LogP contribution in [0.4, 0.5) is 16.2 Å². The van der Waals surface area contributed by atoms with Crippen LogP contribution in [0.25, 0.3) is 0 Å². The van der Waals surface area contributed by atoms with Gasteiger partial charge in [0.2, 0.25) is 6.41 Å². The molecule has 0 radical (unpaired) electrons. The molecule has 0 heterocycles. The van der Waals surface area contributed by atoms with Gasteiger partial charge in [-0.1, -0.05) is 24.3 Å². The van der Waals surface area contributed by atoms with E-state index in [9.17, 15) is 9.59 Å². The van der Waals surface area contributed by atoms with Crippen molar-refractivity contribution >= 4 is 23.9 Å². The number of anilines is 2. The highest BCUT2D eigenvalue weighted by Crippen LogP contribution is 2.18. The molecule has 2 aromatic rings. The topological polar surface area (TPSA) is 67.9 Å². The molecule has 0 aliphatic heterocycles. The number of ether oxygens (including phenoxy) is 1. The Morgan fingerprint density at radius 1 is 1.04 bits per heavy atom. The van der Waals surface area contributed by atoms with Crippen LogP contribution in [0.1, 0.15) is 11.1 Å². The third-order valence-electron chi connectivity index (χ3n) is 3.28. The highest BCUT2D eigenvalue weighted by Gasteiger charge is 2.04. The van der Waals surface area contributed by atoms with E-state index < -0.39 is 6.09 Å². The largest absolute Gasteiger partial charge is 0.453 e. The summed E-state index contributed by atoms with van der Waals surface area (Å²) in [6, 6.07) is 15.0. The van der Waals surface area contributed by atoms with Crippen LogP contribution in [0, 0.1) is 0 Å². The Hall–Kier alpha value is -2.86. The molecule has 0 aliphatic carbocycles. The van der Waals surface area contributed by atoms with Crippen molar-refractivity contribution in [1.29, 1.82) is 0 Å². The SMILES string of the molecule is COC(=O)Nc1ccc(Cc2ccc(N(C=O)OC)cc2)cc1. The van der Waals surface area contributed by atoms with Gasteiger partial charge in [-0.25, -0.2) is 4.79 Å². The zero-order chi connectivity index (χ0) is 16.7. The first-order chi connectivity index (χ1) is 11.2. The number of nitrogens with one attached hydrogen (secondary N) is 1. The quantitative estimate of drug-likeness (QED) is 0.657. The van der Waals surface area contributed by atoms with Gasteiger partial charge in [-0.05, 0) is 41.8 Å². The predicted molar refractivity (Wildman–Crippen MR) is 87.3 cm³/mol. The summed E-state index contributed by atoms with van der Waals surface area (Å²) in [5, 5.41) is 3.75. The number of hydroxylamine groups is 1. The van der Waals surface area contributed by atoms with Crippen LogP contribution in [0.15, 0.2) is 48.5 Å². The van der Waals surface area contributed by atoms with Crippen LogP contribution < -0.4 is 10.4 Å². The van der Waals surface area contributed by atoms with E-state index in [2.05, 4.69) is 10.1 Å². The van der Waals surface area contributed by atoms with E-state index in [1.54, 1.807) is 0 Å². The number of methoxy groups -OCH3 is 1. The first-order valence-corrected chi connectivity index (χ1v) is 6.97. The van der Waals surface area contributed by atoms with Crippen LogP contribution in [0.5, 0.6) is 0 Å². The van der Waals surface area contributed by atoms with Crippen molar-refractivity contribution in [3.63, 3.8) is 0 Å². The molecular formula is C17H18N2O4. The monoisotopic (exact) mass is 314 g/mol. The second kappa shape index (κ2) is 7.95. The van der Waals surface area contributed by atoms with Crippen LogP contribution in [0.2, 0.25) is 0 Å². The van der Waals surface area contributed by atoms with Gasteiger partial charge in [0, 0.05) is 5.69 Å². The predicted octanol–water partition coefficient (Wildman–Crippen LogP) is 2.98. The Kier molecular flexibility index (Phi) is 5.71. The van der Waals surface area contributed by atoms with Gasteiger partial charge in [0.25, 0.3) is 0 Å². The molecule has 0 saturated carbocycles. The number of hydrogen-bond acceptors (Lipinski definition) is 4. The Bertz CT molecular complexity index is 653. The third kappa shape index (κ3) is 4.55. The summed E-state index contributed by atoms with van der Waals surface area (Å²) in [6.45, 7) is 0. The van der Waals surface area contributed by atoms with E-state index in [0.717, 1.165) is 22.6 Å². The lowest BCUT2D eigenvalue weighted by molar-refractivity contribution is -0.112. The van der Waals surface area contributed by atoms with Crippen LogP contribution in [-0.4, -0.2) is 26.7 Å². The molecule has 6 nitrogen and oxygen atoms in total. The smallest absolute Gasteiger partial charge is 0.411 e. The van der Waals surface area contributed by atoms with Gasteiger partial charge < -0.3 is 4.74 Å². The van der Waals surface area contributed by atoms with Gasteiger partial charge in [0.15, 0.2) is 0 Å². The number of carbonyl (C=O) groups is 2. The summed E-state index contributed by atoms with van der Waals surface area (Å²) >= 11 is 0. The Morgan fingerprint density at radius 3 is 2.09 bits per heavy atom. The average molecular weight is 314 g/mol. The standard InChI is InChI=1S/C17H18N2O4/c1-22-17(21)18-15-7-3-13(4-8-15)11-14-5-9-16(10-6-14)19(12-20)23-2/h3-10,12H,11H2,1-2H3,(H,18,21). The van der Waals surface area contributed by atoms with E-state index in [4.69, 9.17) is 4.84 Å². The lowest BCUT2D eigenvalue weighted by atomic mass is 10.0. The van der Waals surface area contributed by atoms with Crippen LogP contribution in [-0.2, 0) is 20.8 Å². The molecule has 0 aromatic heterocycles. The second-order valence-electron chi connectivity index (χ2n) is 4.77. The molecule has 23 heavy (non-hydrogen) atoms. The van der Waals surface area contributed by atoms with Gasteiger partial charge in [-0.15, -0.1) is 0 Å². The molecule has 0 unspecified atom stereocenters. The molecule has 2 rings (SSSR count). The molecule has 0 atom stereocenters. The zero-order valence-electron chi connectivity index (χ0n) is 13.0. The number of benzene rings is 2. The molecule has 0 aliphatic rings. The molecule has 0 fully saturated rings. The van der Waals surface area contributed by atoms with Gasteiger partial charge in [0.1, 0.15) is 0 Å². The molecule has 120 valence electrons. The number of hydrogen-bond donors (Lipinski definition) is 1. The minimum Gasteiger partial charge on any atom is -0.453 e. The molecule has 0 spiro atoms. The molecule has 6 heteroatoms. The Labute approximate surface area is 134 Å².